The number of ether oxygens (including phenoxy) is 1. The van der Waals surface area contributed by atoms with Crippen molar-refractivity contribution in [2.75, 3.05) is 40.3 Å². The van der Waals surface area contributed by atoms with Gasteiger partial charge in [0.1, 0.15) is 0 Å². The Morgan fingerprint density at radius 1 is 1.27 bits per heavy atom. The molecule has 2 fully saturated rings. The van der Waals surface area contributed by atoms with Crippen LogP contribution in [0.25, 0.3) is 0 Å². The van der Waals surface area contributed by atoms with Crippen molar-refractivity contribution in [3.63, 3.8) is 0 Å². The minimum atomic E-state index is -0.221. The van der Waals surface area contributed by atoms with E-state index in [-0.39, 0.29) is 12.1 Å². The van der Waals surface area contributed by atoms with Crippen LogP contribution in [0.3, 0.4) is 0 Å². The number of amides is 1. The molecular weight excluding hydrogens is 194 g/mol. The molecule has 2 N–H and O–H groups in total. The molecule has 2 heterocycles. The lowest BCUT2D eigenvalue weighted by molar-refractivity contribution is 0.0221. The average Bonchev–Trinajstić information content (AvgIpc) is 2.19. The summed E-state index contributed by atoms with van der Waals surface area (Å²) in [6, 6.07) is 0.238. The Balaban J connectivity index is 2.06. The Kier molecular flexibility index (Phi) is 2.84. The minimum absolute atomic E-state index is 0.221. The minimum Gasteiger partial charge on any atom is -0.453 e. The average molecular weight is 213 g/mol. The van der Waals surface area contributed by atoms with E-state index in [0.717, 1.165) is 26.2 Å². The van der Waals surface area contributed by atoms with E-state index in [1.807, 2.05) is 0 Å². The molecule has 2 aliphatic rings. The summed E-state index contributed by atoms with van der Waals surface area (Å²) in [5.41, 5.74) is 6.14. The first kappa shape index (κ1) is 10.7. The molecule has 5 nitrogen and oxygen atoms in total. The summed E-state index contributed by atoms with van der Waals surface area (Å²) in [6.45, 7) is 3.42. The predicted octanol–water partition coefficient (Wildman–Crippen LogP) is -0.426. The molecule has 0 aliphatic carbocycles. The van der Waals surface area contributed by atoms with Gasteiger partial charge in [-0.05, 0) is 7.05 Å². The van der Waals surface area contributed by atoms with Crippen molar-refractivity contribution in [3.05, 3.63) is 0 Å². The second-order valence-electron chi connectivity index (χ2n) is 4.69. The fourth-order valence-corrected chi connectivity index (χ4v) is 2.78. The Morgan fingerprint density at radius 2 is 1.80 bits per heavy atom. The third-order valence-corrected chi connectivity index (χ3v) is 3.52. The number of fused-ring (bicyclic) bond motifs is 2. The molecule has 0 radical (unpaired) electrons. The third kappa shape index (κ3) is 1.94. The summed E-state index contributed by atoms with van der Waals surface area (Å²) in [4.78, 5) is 15.5. The number of nitrogens with zero attached hydrogens (tertiary/aromatic N) is 2. The Labute approximate surface area is 90.1 Å². The lowest BCUT2D eigenvalue weighted by Gasteiger charge is -2.48. The van der Waals surface area contributed by atoms with Gasteiger partial charge in [-0.2, -0.15) is 0 Å². The molecule has 15 heavy (non-hydrogen) atoms. The summed E-state index contributed by atoms with van der Waals surface area (Å²) >= 11 is 0. The molecule has 0 saturated carbocycles. The van der Waals surface area contributed by atoms with Crippen LogP contribution in [0.5, 0.6) is 0 Å². The van der Waals surface area contributed by atoms with Gasteiger partial charge in [-0.25, -0.2) is 4.79 Å². The smallest absolute Gasteiger partial charge is 0.409 e. The Bertz CT molecular complexity index is 243. The van der Waals surface area contributed by atoms with Crippen LogP contribution < -0.4 is 5.73 Å². The molecule has 2 aliphatic heterocycles. The molecule has 1 amide bonds. The first-order chi connectivity index (χ1) is 7.11. The van der Waals surface area contributed by atoms with E-state index in [9.17, 15) is 4.79 Å². The highest BCUT2D eigenvalue weighted by atomic mass is 16.5. The second kappa shape index (κ2) is 3.98. The van der Waals surface area contributed by atoms with Crippen molar-refractivity contribution in [2.45, 2.75) is 6.04 Å². The van der Waals surface area contributed by atoms with E-state index in [4.69, 9.17) is 10.5 Å². The molecular formula is C10H19N3O2. The summed E-state index contributed by atoms with van der Waals surface area (Å²) in [5.74, 6) is 0.781. The van der Waals surface area contributed by atoms with Crippen LogP contribution in [0.4, 0.5) is 4.79 Å². The lowest BCUT2D eigenvalue weighted by atomic mass is 9.80. The third-order valence-electron chi connectivity index (χ3n) is 3.52. The highest BCUT2D eigenvalue weighted by Crippen LogP contribution is 2.27. The molecule has 2 atom stereocenters. The van der Waals surface area contributed by atoms with Crippen molar-refractivity contribution < 1.29 is 9.53 Å². The number of likely N-dealkylation sites (tertiary alicyclic amines) is 2. The number of nitrogens with two attached hydrogens (primary N) is 1. The molecule has 5 heteroatoms. The van der Waals surface area contributed by atoms with Gasteiger partial charge in [-0.15, -0.1) is 0 Å². The number of hydrogen-bond acceptors (Lipinski definition) is 4. The molecule has 2 bridgehead atoms. The molecule has 0 spiro atoms. The van der Waals surface area contributed by atoms with Crippen molar-refractivity contribution in [2.24, 2.45) is 17.6 Å². The zero-order chi connectivity index (χ0) is 11.0. The van der Waals surface area contributed by atoms with E-state index in [1.165, 1.54) is 7.11 Å². The SMILES string of the molecule is COC(=O)N1CC2CN(C)CC(C1)C2N. The molecule has 0 aromatic carbocycles. The van der Waals surface area contributed by atoms with E-state index in [0.29, 0.717) is 11.8 Å². The van der Waals surface area contributed by atoms with E-state index < -0.39 is 0 Å². The zero-order valence-electron chi connectivity index (χ0n) is 9.35. The fraction of sp³-hybridized carbons (Fsp3) is 0.900. The normalized spacial score (nSPS) is 36.5. The van der Waals surface area contributed by atoms with Crippen LogP contribution in [0.15, 0.2) is 0 Å². The Morgan fingerprint density at radius 3 is 2.27 bits per heavy atom. The number of hydrogen-bond donors (Lipinski definition) is 1. The fourth-order valence-electron chi connectivity index (χ4n) is 2.78. The van der Waals surface area contributed by atoms with Gasteiger partial charge in [-0.1, -0.05) is 0 Å². The van der Waals surface area contributed by atoms with Gasteiger partial charge >= 0.3 is 6.09 Å². The van der Waals surface area contributed by atoms with E-state index in [1.54, 1.807) is 4.90 Å². The van der Waals surface area contributed by atoms with Gasteiger partial charge in [0.25, 0.3) is 0 Å². The maximum absolute atomic E-state index is 11.4. The zero-order valence-corrected chi connectivity index (χ0v) is 9.35. The van der Waals surface area contributed by atoms with Crippen molar-refractivity contribution in [1.29, 1.82) is 0 Å². The second-order valence-corrected chi connectivity index (χ2v) is 4.69. The quantitative estimate of drug-likeness (QED) is 0.593. The Hall–Kier alpha value is -0.810. The largest absolute Gasteiger partial charge is 0.453 e. The maximum atomic E-state index is 11.4. The molecule has 2 saturated heterocycles. The van der Waals surface area contributed by atoms with E-state index >= 15 is 0 Å². The molecule has 0 aromatic heterocycles. The number of carbonyl (C=O) groups is 1. The van der Waals surface area contributed by atoms with Gasteiger partial charge < -0.3 is 20.3 Å². The first-order valence-electron chi connectivity index (χ1n) is 5.39. The summed E-state index contributed by atoms with van der Waals surface area (Å²) in [6.07, 6.45) is -0.221. The van der Waals surface area contributed by atoms with Crippen LogP contribution in [0, 0.1) is 11.8 Å². The van der Waals surface area contributed by atoms with Crippen LogP contribution in [-0.2, 0) is 4.74 Å². The van der Waals surface area contributed by atoms with Gasteiger partial charge in [-0.3, -0.25) is 0 Å². The molecule has 0 aromatic rings. The van der Waals surface area contributed by atoms with Crippen LogP contribution in [0.1, 0.15) is 0 Å². The van der Waals surface area contributed by atoms with Gasteiger partial charge in [0.2, 0.25) is 0 Å². The number of piperidine rings is 2. The topological polar surface area (TPSA) is 58.8 Å². The van der Waals surface area contributed by atoms with Gasteiger partial charge in [0.15, 0.2) is 0 Å². The van der Waals surface area contributed by atoms with Crippen molar-refractivity contribution in [3.8, 4) is 0 Å². The molecule has 86 valence electrons. The predicted molar refractivity (Wildman–Crippen MR) is 56.4 cm³/mol. The van der Waals surface area contributed by atoms with Crippen molar-refractivity contribution >= 4 is 6.09 Å². The monoisotopic (exact) mass is 213 g/mol. The molecule has 2 unspecified atom stereocenters. The number of rotatable bonds is 0. The number of carbonyl (C=O) groups excluding carboxylic acids is 1. The van der Waals surface area contributed by atoms with Gasteiger partial charge in [0.05, 0.1) is 7.11 Å². The van der Waals surface area contributed by atoms with Crippen molar-refractivity contribution in [1.82, 2.24) is 9.80 Å². The summed E-state index contributed by atoms with van der Waals surface area (Å²) in [5, 5.41) is 0. The van der Waals surface area contributed by atoms with Crippen LogP contribution in [0.2, 0.25) is 0 Å². The lowest BCUT2D eigenvalue weighted by Crippen LogP contribution is -2.63. The standard InChI is InChI=1S/C10H19N3O2/c1-12-3-7-5-13(10(14)15-2)6-8(4-12)9(7)11/h7-9H,3-6,11H2,1-2H3. The summed E-state index contributed by atoms with van der Waals surface area (Å²) in [7, 11) is 3.54. The number of methoxy groups -OCH3 is 1. The first-order valence-corrected chi connectivity index (χ1v) is 5.39. The maximum Gasteiger partial charge on any atom is 0.409 e. The van der Waals surface area contributed by atoms with Gasteiger partial charge in [0, 0.05) is 44.1 Å². The van der Waals surface area contributed by atoms with Crippen LogP contribution in [-0.4, -0.2) is 62.3 Å². The van der Waals surface area contributed by atoms with Crippen LogP contribution >= 0.6 is 0 Å². The molecule has 2 rings (SSSR count). The summed E-state index contributed by atoms with van der Waals surface area (Å²) < 4.78 is 4.75. The highest BCUT2D eigenvalue weighted by molar-refractivity contribution is 5.67. The van der Waals surface area contributed by atoms with E-state index in [2.05, 4.69) is 11.9 Å². The highest BCUT2D eigenvalue weighted by Gasteiger charge is 2.40.